The molecule has 11 heteroatoms. The molecule has 35 heavy (non-hydrogen) atoms. The number of rotatable bonds is 4. The third kappa shape index (κ3) is 6.26. The van der Waals surface area contributed by atoms with Crippen LogP contribution in [0.3, 0.4) is 0 Å². The van der Waals surface area contributed by atoms with E-state index in [4.69, 9.17) is 0 Å². The van der Waals surface area contributed by atoms with Crippen molar-refractivity contribution in [1.29, 1.82) is 0 Å². The zero-order chi connectivity index (χ0) is 26.1. The number of halogens is 6. The van der Waals surface area contributed by atoms with Gasteiger partial charge in [-0.25, -0.2) is 4.79 Å². The number of carbonyl (C=O) groups excluding carboxylic acids is 1. The first-order valence-electron chi connectivity index (χ1n) is 10.7. The van der Waals surface area contributed by atoms with E-state index in [0.29, 0.717) is 12.1 Å². The summed E-state index contributed by atoms with van der Waals surface area (Å²) in [5, 5.41) is 9.41. The number of alkyl halides is 6. The molecule has 1 saturated heterocycles. The minimum Gasteiger partial charge on any atom is -0.465 e. The van der Waals surface area contributed by atoms with Crippen LogP contribution in [-0.2, 0) is 23.7 Å². The molecule has 0 saturated carbocycles. The van der Waals surface area contributed by atoms with Crippen molar-refractivity contribution in [1.82, 2.24) is 9.80 Å². The van der Waals surface area contributed by atoms with Gasteiger partial charge in [-0.1, -0.05) is 29.8 Å². The smallest absolute Gasteiger partial charge is 0.416 e. The zero-order valence-corrected chi connectivity index (χ0v) is 19.0. The number of benzene rings is 2. The molecular formula is C24H24F6N2O3. The second kappa shape index (κ2) is 9.79. The third-order valence-corrected chi connectivity index (χ3v) is 6.15. The van der Waals surface area contributed by atoms with Crippen LogP contribution < -0.4 is 0 Å². The highest BCUT2D eigenvalue weighted by molar-refractivity contribution is 5.80. The summed E-state index contributed by atoms with van der Waals surface area (Å²) in [7, 11) is 1.31. The first-order valence-corrected chi connectivity index (χ1v) is 10.7. The van der Waals surface area contributed by atoms with Crippen LogP contribution in [-0.4, -0.2) is 47.0 Å². The Kier molecular flexibility index (Phi) is 7.37. The topological polar surface area (TPSA) is 60.9 Å². The van der Waals surface area contributed by atoms with E-state index < -0.39 is 53.9 Å². The van der Waals surface area contributed by atoms with Crippen LogP contribution in [0.25, 0.3) is 0 Å². The maximum atomic E-state index is 13.3. The molecule has 1 fully saturated rings. The molecule has 2 aromatic carbocycles. The fourth-order valence-corrected chi connectivity index (χ4v) is 4.32. The molecular weight excluding hydrogens is 478 g/mol. The van der Waals surface area contributed by atoms with Crippen molar-refractivity contribution in [3.63, 3.8) is 0 Å². The van der Waals surface area contributed by atoms with Crippen LogP contribution in [0, 0.1) is 12.8 Å². The minimum absolute atomic E-state index is 0.0420. The van der Waals surface area contributed by atoms with Crippen molar-refractivity contribution in [3.8, 4) is 0 Å². The second-order valence-corrected chi connectivity index (χ2v) is 8.75. The van der Waals surface area contributed by atoms with Crippen molar-refractivity contribution in [2.75, 3.05) is 20.1 Å². The standard InChI is InChI=1S/C24H24F6N2O3/c1-14-3-5-16(6-4-14)20-13-32(22(34)35)8-7-19(20)21(33)31(2)12-15-9-17(23(25,26)27)11-18(10-15)24(28,29)30/h3-6,9-11,19-20H,7-8,12-13H2,1-2H3,(H,34,35). The van der Waals surface area contributed by atoms with Gasteiger partial charge in [-0.2, -0.15) is 26.3 Å². The first kappa shape index (κ1) is 26.4. The van der Waals surface area contributed by atoms with Gasteiger partial charge in [-0.3, -0.25) is 4.79 Å². The van der Waals surface area contributed by atoms with Crippen LogP contribution in [0.2, 0.25) is 0 Å². The first-order chi connectivity index (χ1) is 16.2. The molecule has 1 aliphatic heterocycles. The normalized spacial score (nSPS) is 18.9. The van der Waals surface area contributed by atoms with Gasteiger partial charge in [0.2, 0.25) is 5.91 Å². The van der Waals surface area contributed by atoms with Gasteiger partial charge in [0.25, 0.3) is 0 Å². The summed E-state index contributed by atoms with van der Waals surface area (Å²) in [5.74, 6) is -1.68. The largest absolute Gasteiger partial charge is 0.465 e. The highest BCUT2D eigenvalue weighted by atomic mass is 19.4. The predicted molar refractivity (Wildman–Crippen MR) is 115 cm³/mol. The average Bonchev–Trinajstić information content (AvgIpc) is 2.77. The summed E-state index contributed by atoms with van der Waals surface area (Å²) in [6.07, 6.45) is -10.9. The number of likely N-dealkylation sites (tertiary alicyclic amines) is 1. The third-order valence-electron chi connectivity index (χ3n) is 6.15. The molecule has 5 nitrogen and oxygen atoms in total. The Labute approximate surface area is 197 Å². The fraction of sp³-hybridized carbons (Fsp3) is 0.417. The van der Waals surface area contributed by atoms with E-state index in [9.17, 15) is 41.0 Å². The monoisotopic (exact) mass is 502 g/mol. The molecule has 1 heterocycles. The molecule has 2 aromatic rings. The van der Waals surface area contributed by atoms with Crippen molar-refractivity contribution in [3.05, 3.63) is 70.3 Å². The van der Waals surface area contributed by atoms with Crippen molar-refractivity contribution in [2.45, 2.75) is 38.2 Å². The molecule has 0 bridgehead atoms. The Morgan fingerprint density at radius 2 is 1.54 bits per heavy atom. The van der Waals surface area contributed by atoms with Gasteiger partial charge in [-0.05, 0) is 42.7 Å². The Morgan fingerprint density at radius 3 is 2.03 bits per heavy atom. The number of carboxylic acid groups (broad SMARTS) is 1. The van der Waals surface area contributed by atoms with E-state index >= 15 is 0 Å². The molecule has 3 rings (SSSR count). The highest BCUT2D eigenvalue weighted by Crippen LogP contribution is 2.37. The highest BCUT2D eigenvalue weighted by Gasteiger charge is 2.39. The van der Waals surface area contributed by atoms with Gasteiger partial charge in [0.15, 0.2) is 0 Å². The Morgan fingerprint density at radius 1 is 1.00 bits per heavy atom. The molecule has 0 aliphatic carbocycles. The van der Waals surface area contributed by atoms with E-state index in [0.717, 1.165) is 16.0 Å². The minimum atomic E-state index is -4.99. The predicted octanol–water partition coefficient (Wildman–Crippen LogP) is 5.77. The molecule has 190 valence electrons. The number of amides is 2. The fourth-order valence-electron chi connectivity index (χ4n) is 4.32. The van der Waals surface area contributed by atoms with Gasteiger partial charge in [0, 0.05) is 38.5 Å². The van der Waals surface area contributed by atoms with Gasteiger partial charge in [0.05, 0.1) is 11.1 Å². The lowest BCUT2D eigenvalue weighted by Crippen LogP contribution is -2.47. The lowest BCUT2D eigenvalue weighted by Gasteiger charge is -2.38. The molecule has 2 atom stereocenters. The summed E-state index contributed by atoms with van der Waals surface area (Å²) >= 11 is 0. The van der Waals surface area contributed by atoms with Crippen molar-refractivity contribution in [2.24, 2.45) is 5.92 Å². The number of piperidine rings is 1. The lowest BCUT2D eigenvalue weighted by atomic mass is 9.79. The molecule has 0 aromatic heterocycles. The van der Waals surface area contributed by atoms with E-state index in [-0.39, 0.29) is 31.1 Å². The van der Waals surface area contributed by atoms with E-state index in [2.05, 4.69) is 0 Å². The maximum Gasteiger partial charge on any atom is 0.416 e. The van der Waals surface area contributed by atoms with Crippen molar-refractivity contribution >= 4 is 12.0 Å². The summed E-state index contributed by atoms with van der Waals surface area (Å²) in [6, 6.07) is 8.46. The average molecular weight is 502 g/mol. The zero-order valence-electron chi connectivity index (χ0n) is 19.0. The molecule has 1 N–H and O–H groups in total. The van der Waals surface area contributed by atoms with Crippen LogP contribution in [0.15, 0.2) is 42.5 Å². The Hall–Kier alpha value is -3.24. The lowest BCUT2D eigenvalue weighted by molar-refractivity contribution is -0.143. The molecule has 0 spiro atoms. The van der Waals surface area contributed by atoms with E-state index in [1.165, 1.54) is 11.9 Å². The number of hydrogen-bond donors (Lipinski definition) is 1. The maximum absolute atomic E-state index is 13.3. The van der Waals surface area contributed by atoms with E-state index in [1.54, 1.807) is 12.1 Å². The van der Waals surface area contributed by atoms with Crippen LogP contribution in [0.4, 0.5) is 31.1 Å². The summed E-state index contributed by atoms with van der Waals surface area (Å²) < 4.78 is 79.1. The molecule has 2 unspecified atom stereocenters. The number of nitrogens with zero attached hydrogens (tertiary/aromatic N) is 2. The van der Waals surface area contributed by atoms with Crippen LogP contribution >= 0.6 is 0 Å². The second-order valence-electron chi connectivity index (χ2n) is 8.75. The summed E-state index contributed by atoms with van der Waals surface area (Å²) in [5.41, 5.74) is -1.51. The van der Waals surface area contributed by atoms with Gasteiger partial charge < -0.3 is 14.9 Å². The van der Waals surface area contributed by atoms with Crippen molar-refractivity contribution < 1.29 is 41.0 Å². The Bertz CT molecular complexity index is 1050. The number of hydrogen-bond acceptors (Lipinski definition) is 2. The molecule has 2 amide bonds. The van der Waals surface area contributed by atoms with Gasteiger partial charge in [0.1, 0.15) is 0 Å². The van der Waals surface area contributed by atoms with Gasteiger partial charge in [-0.15, -0.1) is 0 Å². The summed E-state index contributed by atoms with van der Waals surface area (Å²) in [6.45, 7) is 1.54. The SMILES string of the molecule is Cc1ccc(C2CN(C(=O)O)CCC2C(=O)N(C)Cc2cc(C(F)(F)F)cc(C(F)(F)F)c2)cc1. The Balaban J connectivity index is 1.88. The van der Waals surface area contributed by atoms with Crippen LogP contribution in [0.1, 0.15) is 40.2 Å². The summed E-state index contributed by atoms with van der Waals surface area (Å²) in [4.78, 5) is 27.1. The number of carbonyl (C=O) groups is 2. The number of aryl methyl sites for hydroxylation is 1. The quantitative estimate of drug-likeness (QED) is 0.540. The molecule has 0 radical (unpaired) electrons. The van der Waals surface area contributed by atoms with Crippen LogP contribution in [0.5, 0.6) is 0 Å². The van der Waals surface area contributed by atoms with Gasteiger partial charge >= 0.3 is 18.4 Å². The molecule has 1 aliphatic rings. The van der Waals surface area contributed by atoms with E-state index in [1.807, 2.05) is 19.1 Å².